The molecule has 0 unspecified atom stereocenters. The monoisotopic (exact) mass is 938 g/mol. The van der Waals surface area contributed by atoms with E-state index in [1.807, 2.05) is 12.4 Å². The summed E-state index contributed by atoms with van der Waals surface area (Å²) in [4.78, 5) is 117. The number of unbranched alkanes of at least 4 members (excludes halogenated alkanes) is 2. The van der Waals surface area contributed by atoms with E-state index >= 15 is 0 Å². The maximum atomic E-state index is 13.7. The van der Waals surface area contributed by atoms with Crippen LogP contribution in [0.3, 0.4) is 0 Å². The van der Waals surface area contributed by atoms with Crippen LogP contribution in [0.25, 0.3) is 0 Å². The van der Waals surface area contributed by atoms with Gasteiger partial charge in [-0.25, -0.2) is 4.79 Å². The van der Waals surface area contributed by atoms with Gasteiger partial charge in [-0.3, -0.25) is 43.7 Å². The zero-order chi connectivity index (χ0) is 49.8. The van der Waals surface area contributed by atoms with Crippen LogP contribution >= 0.6 is 0 Å². The van der Waals surface area contributed by atoms with Crippen LogP contribution in [0, 0.1) is 0 Å². The second kappa shape index (κ2) is 32.5. The number of carboxylic acids is 1. The first-order chi connectivity index (χ1) is 30.5. The number of rotatable bonds is 35. The average molecular weight is 938 g/mol. The molecule has 27 heteroatoms. The van der Waals surface area contributed by atoms with Crippen LogP contribution in [0.5, 0.6) is 0 Å². The van der Waals surface area contributed by atoms with Crippen LogP contribution in [-0.4, -0.2) is 174 Å². The van der Waals surface area contributed by atoms with Gasteiger partial charge in [-0.15, -0.1) is 0 Å². The molecule has 0 aromatic heterocycles. The van der Waals surface area contributed by atoms with Crippen molar-refractivity contribution >= 4 is 53.2 Å². The molecule has 27 nitrogen and oxygen atoms in total. The average Bonchev–Trinajstić information content (AvgIpc) is 3.23. The van der Waals surface area contributed by atoms with Crippen molar-refractivity contribution in [1.29, 1.82) is 0 Å². The van der Waals surface area contributed by atoms with Crippen molar-refractivity contribution in [2.24, 2.45) is 17.2 Å². The van der Waals surface area contributed by atoms with Crippen LogP contribution in [0.15, 0.2) is 0 Å². The van der Waals surface area contributed by atoms with E-state index in [9.17, 15) is 63.6 Å². The van der Waals surface area contributed by atoms with Crippen molar-refractivity contribution < 1.29 is 80.4 Å². The summed E-state index contributed by atoms with van der Waals surface area (Å²) in [5.74, 6) is -8.68. The van der Waals surface area contributed by atoms with Gasteiger partial charge in [0.05, 0.1) is 32.8 Å². The molecular weight excluding hydrogens is 861 g/mol. The highest BCUT2D eigenvalue weighted by Crippen LogP contribution is 2.08. The van der Waals surface area contributed by atoms with E-state index < -0.39 is 133 Å². The number of quaternary nitrogens is 3. The highest BCUT2D eigenvalue weighted by atomic mass is 16.4. The number of aliphatic hydroxyl groups is 3. The van der Waals surface area contributed by atoms with E-state index in [1.54, 1.807) is 0 Å². The van der Waals surface area contributed by atoms with Gasteiger partial charge in [0.15, 0.2) is 6.04 Å². The number of hydrogen-bond acceptors (Lipinski definition) is 15. The lowest BCUT2D eigenvalue weighted by Crippen LogP contribution is -2.79. The number of primary amides is 1. The predicted molar refractivity (Wildman–Crippen MR) is 230 cm³/mol. The lowest BCUT2D eigenvalue weighted by atomic mass is 10.0. The largest absolute Gasteiger partial charge is 0.480 e. The molecule has 0 aliphatic rings. The number of aliphatic hydroxyl groups excluding tert-OH is 3. The van der Waals surface area contributed by atoms with Crippen molar-refractivity contribution in [3.63, 3.8) is 0 Å². The number of nitrogens with two attached hydrogens (primary N) is 4. The summed E-state index contributed by atoms with van der Waals surface area (Å²) in [7, 11) is 1.84. The first kappa shape index (κ1) is 59.9. The number of carbonyl (C=O) groups is 9. The summed E-state index contributed by atoms with van der Waals surface area (Å²) in [6, 6.07) is -11.3. The molecule has 0 saturated carbocycles. The zero-order valence-electron chi connectivity index (χ0n) is 37.9. The van der Waals surface area contributed by atoms with Gasteiger partial charge in [0.2, 0.25) is 41.4 Å². The van der Waals surface area contributed by atoms with Crippen molar-refractivity contribution in [3.8, 4) is 0 Å². The number of hydrogen-bond donors (Lipinski definition) is 18. The topological polar surface area (TPSA) is 481 Å². The number of carboxylic acid groups (broad SMARTS) is 1. The summed E-state index contributed by atoms with van der Waals surface area (Å²) < 4.78 is 0. The van der Waals surface area contributed by atoms with Gasteiger partial charge in [0.1, 0.15) is 54.7 Å². The van der Waals surface area contributed by atoms with Crippen molar-refractivity contribution in [1.82, 2.24) is 42.5 Å². The van der Waals surface area contributed by atoms with Crippen LogP contribution in [0.2, 0.25) is 0 Å². The van der Waals surface area contributed by atoms with Crippen molar-refractivity contribution in [3.05, 3.63) is 0 Å². The van der Waals surface area contributed by atoms with E-state index in [2.05, 4.69) is 54.0 Å². The minimum atomic E-state index is -1.75. The van der Waals surface area contributed by atoms with Gasteiger partial charge in [-0.2, -0.15) is 0 Å². The maximum absolute atomic E-state index is 13.7. The molecule has 0 fully saturated rings. The van der Waals surface area contributed by atoms with E-state index in [-0.39, 0.29) is 38.6 Å². The van der Waals surface area contributed by atoms with E-state index in [1.165, 1.54) is 13.8 Å². The molecule has 374 valence electrons. The van der Waals surface area contributed by atoms with Gasteiger partial charge < -0.3 is 91.6 Å². The fourth-order valence-corrected chi connectivity index (χ4v) is 5.98. The third-order valence-electron chi connectivity index (χ3n) is 10.0. The van der Waals surface area contributed by atoms with Crippen LogP contribution in [0.4, 0.5) is 0 Å². The van der Waals surface area contributed by atoms with Gasteiger partial charge in [0, 0.05) is 6.42 Å². The Kier molecular flexibility index (Phi) is 29.9. The second-order valence-electron chi connectivity index (χ2n) is 15.8. The zero-order valence-corrected chi connectivity index (χ0v) is 37.9. The number of nitrogens with one attached hydrogen (secondary N) is 8. The first-order valence-corrected chi connectivity index (χ1v) is 21.8. The molecule has 0 aromatic carbocycles. The molecule has 0 aliphatic heterocycles. The SMILES string of the molecule is C[NH2+]CCCC[C@H](NC(=O)[C@H](CCCNC(N)N)NC(=O)[C@H](C)NC(=O)[C@@H](NC(=O)[C@H](CCC(N)=O)NC(=O)[C@H](CCCC[NH3+])NC(=O)[C@@H]([NH3+])[C@@H](C)O)[C@@H](C)O)C(=O)N[C@@H](CO)C(=O)O. The molecule has 0 heterocycles. The van der Waals surface area contributed by atoms with Gasteiger partial charge in [-0.05, 0) is 85.1 Å². The van der Waals surface area contributed by atoms with Gasteiger partial charge >= 0.3 is 5.97 Å². The van der Waals surface area contributed by atoms with Crippen LogP contribution in [-0.2, 0) is 43.2 Å². The van der Waals surface area contributed by atoms with E-state index in [4.69, 9.17) is 17.2 Å². The molecule has 26 N–H and O–H groups in total. The number of carbonyl (C=O) groups excluding carboxylic acids is 8. The highest BCUT2D eigenvalue weighted by Gasteiger charge is 2.35. The number of aliphatic carboxylic acids is 1. The third kappa shape index (κ3) is 24.7. The molecule has 65 heavy (non-hydrogen) atoms. The molecule has 0 saturated heterocycles. The van der Waals surface area contributed by atoms with Crippen molar-refractivity contribution in [2.75, 3.05) is 33.3 Å². The Morgan fingerprint density at radius 1 is 0.600 bits per heavy atom. The summed E-state index contributed by atoms with van der Waals surface area (Å²) in [6.45, 7) is 4.25. The molecule has 10 atom stereocenters. The van der Waals surface area contributed by atoms with Crippen LogP contribution in [0.1, 0.15) is 85.0 Å². The molecule has 0 bridgehead atoms. The second-order valence-corrected chi connectivity index (χ2v) is 15.8. The molecular formula is C38H77N14O13+3. The summed E-state index contributed by atoms with van der Waals surface area (Å²) >= 11 is 0. The Bertz CT molecular complexity index is 1540. The lowest BCUT2D eigenvalue weighted by Gasteiger charge is -2.28. The third-order valence-corrected chi connectivity index (χ3v) is 10.0. The van der Waals surface area contributed by atoms with Gasteiger partial charge in [-0.1, -0.05) is 0 Å². The Balaban J connectivity index is 6.30. The van der Waals surface area contributed by atoms with E-state index in [0.717, 1.165) is 6.92 Å². The molecule has 0 aliphatic carbocycles. The quantitative estimate of drug-likeness (QED) is 0.0207. The summed E-state index contributed by atoms with van der Waals surface area (Å²) in [6.07, 6.45) is -1.95. The first-order valence-electron chi connectivity index (χ1n) is 21.8. The smallest absolute Gasteiger partial charge is 0.328 e. The molecule has 0 spiro atoms. The fraction of sp³-hybridized carbons (Fsp3) is 0.763. The lowest BCUT2D eigenvalue weighted by molar-refractivity contribution is -0.627. The minimum absolute atomic E-state index is 0.0485. The van der Waals surface area contributed by atoms with Gasteiger partial charge in [0.25, 0.3) is 5.91 Å². The fourth-order valence-electron chi connectivity index (χ4n) is 5.98. The standard InChI is InChI=1S/C38H74N14O13/c1-19(30(57)47-24(12-9-17-45-38(42)43)32(59)48-22(11-6-8-16-44-4)33(60)51-26(18-53)37(64)65)46-36(63)29(21(3)55)52-34(61)25(13-14-27(40)56)49-31(58)23(10-5-7-15-39)50-35(62)28(41)20(2)54/h19-26,28-29,38,44-45,53-55H,5-18,39,41-43H2,1-4H3,(H2,40,56)(H,46,63)(H,47,57)(H,48,59)(H,49,58)(H,50,62)(H,51,60)(H,52,61)(H,64,65)/p+3/t19-,20+,21+,22-,23-,24-,25-,26-,28-,29-/m0/s1. The van der Waals surface area contributed by atoms with Crippen molar-refractivity contribution in [2.45, 2.75) is 152 Å². The Morgan fingerprint density at radius 2 is 1.06 bits per heavy atom. The Morgan fingerprint density at radius 3 is 1.51 bits per heavy atom. The normalized spacial score (nSPS) is 15.9. The summed E-state index contributed by atoms with van der Waals surface area (Å²) in [5.41, 5.74) is 23.8. The Labute approximate surface area is 378 Å². The number of amides is 8. The highest BCUT2D eigenvalue weighted by molar-refractivity contribution is 5.97. The molecule has 0 radical (unpaired) electrons. The Hall–Kier alpha value is -5.13. The van der Waals surface area contributed by atoms with E-state index in [0.29, 0.717) is 38.8 Å². The minimum Gasteiger partial charge on any atom is -0.480 e. The van der Waals surface area contributed by atoms with Crippen LogP contribution < -0.4 is 76.5 Å². The summed E-state index contributed by atoms with van der Waals surface area (Å²) in [5, 5.41) is 60.8. The maximum Gasteiger partial charge on any atom is 0.328 e. The molecule has 0 rings (SSSR count). The predicted octanol–water partition coefficient (Wildman–Crippen LogP) is -10.5. The molecule has 8 amide bonds. The molecule has 0 aromatic rings.